The summed E-state index contributed by atoms with van der Waals surface area (Å²) < 4.78 is 43.3. The fourth-order valence-corrected chi connectivity index (χ4v) is 10.7. The number of urea groups is 1. The van der Waals surface area contributed by atoms with Crippen LogP contribution in [0.25, 0.3) is 41.6 Å². The predicted molar refractivity (Wildman–Crippen MR) is 293 cm³/mol. The zero-order valence-electron chi connectivity index (χ0n) is 42.5. The zero-order chi connectivity index (χ0) is 52.3. The second-order valence-corrected chi connectivity index (χ2v) is 21.4. The van der Waals surface area contributed by atoms with E-state index < -0.39 is 11.6 Å². The average molecular weight is 1050 g/mol. The van der Waals surface area contributed by atoms with E-state index in [4.69, 9.17) is 9.47 Å². The van der Waals surface area contributed by atoms with Crippen molar-refractivity contribution in [2.75, 3.05) is 19.6 Å². The van der Waals surface area contributed by atoms with Crippen molar-refractivity contribution in [2.45, 2.75) is 98.1 Å². The van der Waals surface area contributed by atoms with Gasteiger partial charge in [-0.25, -0.2) is 13.6 Å². The number of halogens is 2. The Hall–Kier alpha value is -7.01. The lowest BCUT2D eigenvalue weighted by atomic mass is 10.0. The summed E-state index contributed by atoms with van der Waals surface area (Å²) in [6.45, 7) is 9.61. The minimum absolute atomic E-state index is 0.0790. The number of amides is 2. The molecule has 0 unspecified atom stereocenters. The number of Topliss-reactive ketones (excluding diaryl/α,β-unsaturated/α-hetero) is 2. The van der Waals surface area contributed by atoms with Gasteiger partial charge in [0.05, 0.1) is 41.6 Å². The van der Waals surface area contributed by atoms with Gasteiger partial charge < -0.3 is 25.0 Å². The largest absolute Gasteiger partial charge is 0.453 e. The Labute approximate surface area is 444 Å². The van der Waals surface area contributed by atoms with Crippen LogP contribution in [0.5, 0.6) is 23.0 Å². The highest BCUT2D eigenvalue weighted by molar-refractivity contribution is 7.22. The van der Waals surface area contributed by atoms with Crippen LogP contribution in [0.2, 0.25) is 0 Å². The molecule has 0 aliphatic heterocycles. The van der Waals surface area contributed by atoms with Gasteiger partial charge in [0, 0.05) is 88.8 Å². The third kappa shape index (κ3) is 14.4. The Balaban J connectivity index is 0.000000185. The van der Waals surface area contributed by atoms with Crippen LogP contribution in [0, 0.1) is 23.5 Å². The summed E-state index contributed by atoms with van der Waals surface area (Å²) in [4.78, 5) is 58.5. The molecule has 2 fully saturated rings. The molecule has 2 N–H and O–H groups in total. The molecule has 388 valence electrons. The van der Waals surface area contributed by atoms with E-state index in [1.807, 2.05) is 50.4 Å². The molecule has 6 aromatic heterocycles. The molecule has 0 bridgehead atoms. The van der Waals surface area contributed by atoms with E-state index in [2.05, 4.69) is 43.6 Å². The van der Waals surface area contributed by atoms with Crippen LogP contribution in [0.1, 0.15) is 94.4 Å². The van der Waals surface area contributed by atoms with Gasteiger partial charge in [0.25, 0.3) is 0 Å². The van der Waals surface area contributed by atoms with E-state index in [1.165, 1.54) is 34.8 Å². The molecular weight excluding hydrogens is 989 g/mol. The zero-order valence-corrected chi connectivity index (χ0v) is 44.1. The maximum atomic E-state index is 14.9. The first-order valence-corrected chi connectivity index (χ1v) is 27.5. The first-order valence-electron chi connectivity index (χ1n) is 25.9. The third-order valence-corrected chi connectivity index (χ3v) is 15.1. The van der Waals surface area contributed by atoms with E-state index in [1.54, 1.807) is 59.9 Å². The topological polar surface area (TPSA) is 149 Å². The number of fused-ring (bicyclic) bond motifs is 2. The van der Waals surface area contributed by atoms with Crippen molar-refractivity contribution in [1.29, 1.82) is 0 Å². The minimum Gasteiger partial charge on any atom is -0.453 e. The third-order valence-electron chi connectivity index (χ3n) is 12.8. The van der Waals surface area contributed by atoms with Crippen molar-refractivity contribution in [1.82, 2.24) is 35.5 Å². The molecule has 0 saturated heterocycles. The van der Waals surface area contributed by atoms with Gasteiger partial charge >= 0.3 is 6.03 Å². The highest BCUT2D eigenvalue weighted by Gasteiger charge is 2.26. The van der Waals surface area contributed by atoms with E-state index in [9.17, 15) is 23.2 Å². The Morgan fingerprint density at radius 1 is 0.613 bits per heavy atom. The number of carbonyl (C=O) groups is 3. The van der Waals surface area contributed by atoms with Gasteiger partial charge in [0.15, 0.2) is 23.1 Å². The van der Waals surface area contributed by atoms with Crippen molar-refractivity contribution in [3.63, 3.8) is 0 Å². The molecule has 16 heteroatoms. The number of benzene rings is 2. The molecule has 2 aliphatic rings. The molecule has 6 heterocycles. The molecule has 0 spiro atoms. The summed E-state index contributed by atoms with van der Waals surface area (Å²) in [5, 5.41) is 6.24. The number of ether oxygens (including phenoxy) is 2. The van der Waals surface area contributed by atoms with Crippen molar-refractivity contribution in [3.05, 3.63) is 144 Å². The van der Waals surface area contributed by atoms with Crippen LogP contribution in [0.3, 0.4) is 0 Å². The normalized spacial score (nSPS) is 13.1. The Morgan fingerprint density at radius 2 is 1.12 bits per heavy atom. The smallest absolute Gasteiger partial charge is 0.317 e. The molecule has 0 radical (unpaired) electrons. The molecule has 2 saturated carbocycles. The Kier molecular flexibility index (Phi) is 17.6. The monoisotopic (exact) mass is 1050 g/mol. The number of rotatable bonds is 23. The van der Waals surface area contributed by atoms with Crippen LogP contribution >= 0.6 is 22.7 Å². The predicted octanol–water partition coefficient (Wildman–Crippen LogP) is 13.8. The fourth-order valence-electron chi connectivity index (χ4n) is 8.60. The van der Waals surface area contributed by atoms with Gasteiger partial charge in [-0.3, -0.25) is 29.5 Å². The lowest BCUT2D eigenvalue weighted by Gasteiger charge is -2.22. The van der Waals surface area contributed by atoms with Gasteiger partial charge in [-0.2, -0.15) is 0 Å². The number of ketones is 2. The van der Waals surface area contributed by atoms with E-state index in [0.717, 1.165) is 104 Å². The first kappa shape index (κ1) is 52.8. The van der Waals surface area contributed by atoms with Crippen LogP contribution < -0.4 is 20.1 Å². The van der Waals surface area contributed by atoms with Gasteiger partial charge in [-0.05, 0) is 135 Å². The SMILES string of the molecule is CCCN(Cc1ccc(-c2cc3nccc(Oc4ccc(CC(=O)CC5CC5)cc4F)c3s2)nc1)C(=O)NCC.CCCNCc1ccc(-c2cc3nccc(Oc4ccc(CC(=O)CC5CC5)cc4F)c3s2)nc1. The number of thiophene rings is 2. The lowest BCUT2D eigenvalue weighted by molar-refractivity contribution is -0.119. The summed E-state index contributed by atoms with van der Waals surface area (Å²) in [5.74, 6) is 1.69. The number of nitrogens with zero attached hydrogens (tertiary/aromatic N) is 5. The number of carbonyl (C=O) groups excluding carboxylic acids is 3. The minimum atomic E-state index is -0.500. The van der Waals surface area contributed by atoms with Crippen molar-refractivity contribution < 1.29 is 32.6 Å². The van der Waals surface area contributed by atoms with Gasteiger partial charge in [0.1, 0.15) is 23.1 Å². The van der Waals surface area contributed by atoms with Crippen LogP contribution in [0.15, 0.2) is 110 Å². The molecule has 2 aromatic carbocycles. The molecule has 2 aliphatic carbocycles. The van der Waals surface area contributed by atoms with Crippen LogP contribution in [-0.4, -0.2) is 62.1 Å². The summed E-state index contributed by atoms with van der Waals surface area (Å²) in [6.07, 6.45) is 15.1. The molecule has 10 rings (SSSR count). The molecule has 8 aromatic rings. The molecule has 75 heavy (non-hydrogen) atoms. The van der Waals surface area contributed by atoms with Crippen molar-refractivity contribution >= 4 is 60.7 Å². The maximum absolute atomic E-state index is 14.9. The van der Waals surface area contributed by atoms with Crippen LogP contribution in [-0.2, 0) is 35.5 Å². The van der Waals surface area contributed by atoms with Gasteiger partial charge in [-0.1, -0.05) is 38.1 Å². The molecule has 0 atom stereocenters. The van der Waals surface area contributed by atoms with Crippen LogP contribution in [0.4, 0.5) is 13.6 Å². The lowest BCUT2D eigenvalue weighted by Crippen LogP contribution is -2.39. The Bertz CT molecular complexity index is 3270. The number of pyridine rings is 4. The number of hydrogen-bond donors (Lipinski definition) is 2. The standard InChI is InChI=1S/C31H33FN4O3S.C28H28FN3O2S/c1-3-13-36(31(38)33-4-2)19-22-7-9-25(35-18-22)29-17-26-30(40-29)28(11-12-34-26)39-27-10-8-21(16-24(27)32)15-23(37)14-20-5-6-20;1-2-10-30-16-20-5-7-23(32-17-20)27-15-24-28(35-27)26(9-11-31-24)34-25-8-6-19(14-22(25)29)13-21(33)12-18-3-4-18/h7-12,16-18,20H,3-6,13-15,19H2,1-2H3,(H,33,38);5-9,11,14-15,17-18,30H,2-4,10,12-13,16H2,1H3. The number of aromatic nitrogens is 4. The maximum Gasteiger partial charge on any atom is 0.317 e. The summed E-state index contributed by atoms with van der Waals surface area (Å²) in [5.41, 5.74) is 6.58. The molecule has 2 amide bonds. The highest BCUT2D eigenvalue weighted by Crippen LogP contribution is 2.41. The van der Waals surface area contributed by atoms with E-state index in [0.29, 0.717) is 66.9 Å². The second-order valence-electron chi connectivity index (χ2n) is 19.3. The highest BCUT2D eigenvalue weighted by atomic mass is 32.1. The molecular formula is C59H61F2N7O5S2. The van der Waals surface area contributed by atoms with Gasteiger partial charge in [0.2, 0.25) is 0 Å². The quantitative estimate of drug-likeness (QED) is 0.0593. The summed E-state index contributed by atoms with van der Waals surface area (Å²) in [6, 6.07) is 24.8. The second kappa shape index (κ2) is 25.0. The number of hydrogen-bond acceptors (Lipinski definition) is 12. The Morgan fingerprint density at radius 3 is 1.56 bits per heavy atom. The van der Waals surface area contributed by atoms with Gasteiger partial charge in [-0.15, -0.1) is 22.7 Å². The van der Waals surface area contributed by atoms with Crippen molar-refractivity contribution in [2.24, 2.45) is 11.8 Å². The van der Waals surface area contributed by atoms with E-state index >= 15 is 0 Å². The summed E-state index contributed by atoms with van der Waals surface area (Å²) >= 11 is 2.99. The van der Waals surface area contributed by atoms with Crippen molar-refractivity contribution in [3.8, 4) is 44.1 Å². The first-order chi connectivity index (χ1) is 36.5. The fraction of sp³-hybridized carbons (Fsp3) is 0.339. The number of nitrogens with one attached hydrogen (secondary N) is 2. The average Bonchev–Trinajstić information content (AvgIpc) is 4.31. The van der Waals surface area contributed by atoms with E-state index in [-0.39, 0.29) is 41.9 Å². The molecule has 12 nitrogen and oxygen atoms in total. The summed E-state index contributed by atoms with van der Waals surface area (Å²) in [7, 11) is 0.